The fourth-order valence-corrected chi connectivity index (χ4v) is 3.48. The van der Waals surface area contributed by atoms with E-state index in [0.29, 0.717) is 30.4 Å². The number of unbranched alkanes of at least 4 members (excludes halogenated alkanes) is 1. The Morgan fingerprint density at radius 2 is 1.79 bits per heavy atom. The van der Waals surface area contributed by atoms with Crippen LogP contribution < -0.4 is 0 Å². The molecule has 0 aliphatic carbocycles. The van der Waals surface area contributed by atoms with Crippen molar-refractivity contribution >= 4 is 52.4 Å². The molecule has 0 N–H and O–H groups in total. The summed E-state index contributed by atoms with van der Waals surface area (Å²) in [7, 11) is 1.41. The number of piperidine rings is 1. The molecule has 0 atom stereocenters. The molecular weight excluding hydrogens is 416 g/mol. The molecule has 1 aliphatic heterocycles. The van der Waals surface area contributed by atoms with Gasteiger partial charge in [-0.05, 0) is 33.6 Å². The summed E-state index contributed by atoms with van der Waals surface area (Å²) in [6.45, 7) is 8.82. The third-order valence-electron chi connectivity index (χ3n) is 3.95. The molecule has 0 unspecified atom stereocenters. The Bertz CT molecular complexity index is 389. The van der Waals surface area contributed by atoms with E-state index in [-0.39, 0.29) is 12.1 Å². The monoisotopic (exact) mass is 447 g/mol. The number of likely N-dealkylation sites (tertiary alicyclic amines) is 1. The Balaban J connectivity index is 0.000000922. The van der Waals surface area contributed by atoms with Crippen molar-refractivity contribution in [2.45, 2.75) is 64.1 Å². The molecule has 1 heterocycles. The first-order chi connectivity index (χ1) is 11.2. The Morgan fingerprint density at radius 3 is 2.08 bits per heavy atom. The fourth-order valence-electron chi connectivity index (χ4n) is 2.41. The van der Waals surface area contributed by atoms with E-state index >= 15 is 0 Å². The zero-order valence-electron chi connectivity index (χ0n) is 16.1. The van der Waals surface area contributed by atoms with Gasteiger partial charge in [0.15, 0.2) is 0 Å². The van der Waals surface area contributed by atoms with Crippen LogP contribution in [0.15, 0.2) is 0 Å². The van der Waals surface area contributed by atoms with Gasteiger partial charge >= 0.3 is 54.6 Å². The second kappa shape index (κ2) is 11.6. The third kappa shape index (κ3) is 8.44. The number of alkyl halides is 1. The predicted molar refractivity (Wildman–Crippen MR) is 106 cm³/mol. The van der Waals surface area contributed by atoms with Crippen LogP contribution in [0.3, 0.4) is 0 Å². The van der Waals surface area contributed by atoms with Crippen molar-refractivity contribution in [2.75, 3.05) is 24.6 Å². The van der Waals surface area contributed by atoms with Gasteiger partial charge in [-0.3, -0.25) is 4.79 Å². The average molecular weight is 447 g/mol. The molecule has 0 aromatic heterocycles. The van der Waals surface area contributed by atoms with E-state index < -0.39 is 11.0 Å². The van der Waals surface area contributed by atoms with E-state index in [1.165, 1.54) is 25.0 Å². The number of amides is 1. The minimum atomic E-state index is -0.489. The molecule has 0 spiro atoms. The summed E-state index contributed by atoms with van der Waals surface area (Å²) in [5.74, 6) is -0.175. The van der Waals surface area contributed by atoms with Gasteiger partial charge in [0.25, 0.3) is 0 Å². The number of hydrogen-bond acceptors (Lipinski definition) is 4. The van der Waals surface area contributed by atoms with E-state index in [9.17, 15) is 9.59 Å². The fraction of sp³-hybridized carbons (Fsp3) is 0.882. The SMILES string of the molecule is COC(=O)C1(CI)CCN(C(=O)OC(C)(C)C)CC1.[Li][CH2]CCC. The Kier molecular flexibility index (Phi) is 11.7. The predicted octanol–water partition coefficient (Wildman–Crippen LogP) is 3.99. The quantitative estimate of drug-likeness (QED) is 0.283. The molecule has 5 nitrogen and oxygen atoms in total. The number of nitrogens with zero attached hydrogens (tertiary/aromatic N) is 1. The van der Waals surface area contributed by atoms with Gasteiger partial charge in [-0.15, -0.1) is 0 Å². The van der Waals surface area contributed by atoms with Crippen molar-refractivity contribution in [1.82, 2.24) is 4.90 Å². The van der Waals surface area contributed by atoms with Gasteiger partial charge in [-0.1, -0.05) is 22.6 Å². The zero-order chi connectivity index (χ0) is 18.8. The molecule has 0 radical (unpaired) electrons. The molecule has 1 fully saturated rings. The van der Waals surface area contributed by atoms with Crippen LogP contribution in [0.25, 0.3) is 0 Å². The van der Waals surface area contributed by atoms with Crippen LogP contribution in [0.4, 0.5) is 4.79 Å². The van der Waals surface area contributed by atoms with Crippen LogP contribution in [0, 0.1) is 5.41 Å². The molecule has 24 heavy (non-hydrogen) atoms. The maximum atomic E-state index is 11.9. The van der Waals surface area contributed by atoms with Crippen molar-refractivity contribution < 1.29 is 19.1 Å². The number of carbonyl (C=O) groups excluding carboxylic acids is 2. The molecule has 1 amide bonds. The molecule has 0 saturated carbocycles. The van der Waals surface area contributed by atoms with Crippen LogP contribution >= 0.6 is 22.6 Å². The van der Waals surface area contributed by atoms with E-state index in [1.54, 1.807) is 4.90 Å². The minimum absolute atomic E-state index is 0.175. The number of methoxy groups -OCH3 is 1. The Labute approximate surface area is 169 Å². The Morgan fingerprint density at radius 1 is 1.25 bits per heavy atom. The van der Waals surface area contributed by atoms with Gasteiger partial charge < -0.3 is 14.4 Å². The molecule has 7 heteroatoms. The standard InChI is InChI=1S/C13H22INO4.C4H9.Li/c1-12(2,3)19-11(17)15-7-5-13(9-14,6-8-15)10(16)18-4;1-3-4-2;/h5-9H2,1-4H3;1,3-4H2,2H3;. The molecule has 0 aromatic carbocycles. The number of esters is 1. The number of ether oxygens (including phenoxy) is 2. The van der Waals surface area contributed by atoms with Crippen LogP contribution in [0.5, 0.6) is 0 Å². The van der Waals surface area contributed by atoms with Gasteiger partial charge in [-0.2, -0.15) is 0 Å². The van der Waals surface area contributed by atoms with Crippen LogP contribution in [-0.4, -0.2) is 64.9 Å². The van der Waals surface area contributed by atoms with Gasteiger partial charge in [-0.25, -0.2) is 4.79 Å². The van der Waals surface area contributed by atoms with Crippen molar-refractivity contribution in [3.63, 3.8) is 0 Å². The number of hydrogen-bond donors (Lipinski definition) is 0. The molecule has 136 valence electrons. The van der Waals surface area contributed by atoms with Crippen LogP contribution in [0.2, 0.25) is 5.09 Å². The normalized spacial score (nSPS) is 16.8. The number of halogens is 1. The van der Waals surface area contributed by atoms with Crippen molar-refractivity contribution in [1.29, 1.82) is 0 Å². The van der Waals surface area contributed by atoms with Gasteiger partial charge in [0.05, 0.1) is 12.5 Å². The van der Waals surface area contributed by atoms with Gasteiger partial charge in [0, 0.05) is 17.5 Å². The van der Waals surface area contributed by atoms with Gasteiger partial charge in [0.2, 0.25) is 0 Å². The molecule has 0 bridgehead atoms. The first-order valence-corrected chi connectivity index (χ1v) is 10.3. The van der Waals surface area contributed by atoms with Crippen LogP contribution in [-0.2, 0) is 14.3 Å². The number of rotatable bonds is 4. The maximum absolute atomic E-state index is 11.9. The summed E-state index contributed by atoms with van der Waals surface area (Å²) >= 11 is 4.42. The van der Waals surface area contributed by atoms with E-state index in [4.69, 9.17) is 9.47 Å². The molecular formula is C17H31ILiNO4. The second-order valence-electron chi connectivity index (χ2n) is 7.23. The average Bonchev–Trinajstić information content (AvgIpc) is 2.54. The van der Waals surface area contributed by atoms with E-state index in [0.717, 1.165) is 0 Å². The zero-order valence-corrected chi connectivity index (χ0v) is 18.3. The summed E-state index contributed by atoms with van der Waals surface area (Å²) < 4.78 is 10.9. The number of carbonyl (C=O) groups is 2. The first-order valence-electron chi connectivity index (χ1n) is 8.78. The first kappa shape index (κ1) is 24.1. The summed E-state index contributed by atoms with van der Waals surface area (Å²) in [6.07, 6.45) is 3.68. The molecule has 1 saturated heterocycles. The van der Waals surface area contributed by atoms with Crippen molar-refractivity contribution in [3.05, 3.63) is 0 Å². The van der Waals surface area contributed by atoms with Gasteiger partial charge in [0.1, 0.15) is 5.60 Å². The summed E-state index contributed by atoms with van der Waals surface area (Å²) in [6, 6.07) is 0. The molecule has 1 aliphatic rings. The summed E-state index contributed by atoms with van der Waals surface area (Å²) in [4.78, 5) is 25.5. The molecule has 1 rings (SSSR count). The van der Waals surface area contributed by atoms with E-state index in [1.807, 2.05) is 20.8 Å². The second-order valence-corrected chi connectivity index (χ2v) is 7.99. The topological polar surface area (TPSA) is 55.8 Å². The van der Waals surface area contributed by atoms with E-state index in [2.05, 4.69) is 47.2 Å². The van der Waals surface area contributed by atoms with Crippen molar-refractivity contribution in [2.24, 2.45) is 5.41 Å². The Hall–Kier alpha value is 0.0674. The van der Waals surface area contributed by atoms with Crippen molar-refractivity contribution in [3.8, 4) is 0 Å². The molecule has 0 aromatic rings. The summed E-state index contributed by atoms with van der Waals surface area (Å²) in [5, 5.41) is 1.34. The summed E-state index contributed by atoms with van der Waals surface area (Å²) in [5.41, 5.74) is -0.939. The van der Waals surface area contributed by atoms with Crippen LogP contribution in [0.1, 0.15) is 53.4 Å². The third-order valence-corrected chi connectivity index (χ3v) is 5.41.